The number of anilines is 1. The number of methoxy groups -OCH3 is 1. The molecule has 6 heteroatoms. The Labute approximate surface area is 193 Å². The number of likely N-dealkylation sites (N-methyl/N-ethyl adjacent to an activating group) is 1. The number of benzene rings is 3. The Morgan fingerprint density at radius 3 is 2.39 bits per heavy atom. The van der Waals surface area contributed by atoms with Crippen LogP contribution in [0.1, 0.15) is 11.1 Å². The molecule has 4 rings (SSSR count). The first kappa shape index (κ1) is 22.1. The summed E-state index contributed by atoms with van der Waals surface area (Å²) in [5, 5.41) is 3.98. The molecule has 0 bridgehead atoms. The monoisotopic (exact) mass is 441 g/mol. The summed E-state index contributed by atoms with van der Waals surface area (Å²) >= 11 is 0. The fourth-order valence-corrected chi connectivity index (χ4v) is 3.91. The van der Waals surface area contributed by atoms with Gasteiger partial charge < -0.3 is 19.9 Å². The molecule has 0 aliphatic rings. The van der Waals surface area contributed by atoms with Gasteiger partial charge in [0, 0.05) is 36.3 Å². The van der Waals surface area contributed by atoms with E-state index < -0.39 is 6.04 Å². The van der Waals surface area contributed by atoms with Crippen LogP contribution < -0.4 is 15.0 Å². The topological polar surface area (TPSA) is 74.4 Å². The van der Waals surface area contributed by atoms with Crippen LogP contribution in [0, 0.1) is 0 Å². The third-order valence-corrected chi connectivity index (χ3v) is 5.73. The first-order valence-corrected chi connectivity index (χ1v) is 10.8. The smallest absolute Gasteiger partial charge is 0.249 e. The molecule has 2 amide bonds. The average Bonchev–Trinajstić information content (AvgIpc) is 3.26. The lowest BCUT2D eigenvalue weighted by molar-refractivity contribution is -0.127. The van der Waals surface area contributed by atoms with E-state index in [0.29, 0.717) is 12.2 Å². The lowest BCUT2D eigenvalue weighted by atomic mass is 10.0. The predicted molar refractivity (Wildman–Crippen MR) is 130 cm³/mol. The van der Waals surface area contributed by atoms with Crippen LogP contribution in [0.2, 0.25) is 0 Å². The number of aromatic amines is 1. The zero-order valence-corrected chi connectivity index (χ0v) is 18.7. The minimum atomic E-state index is -0.697. The van der Waals surface area contributed by atoms with Gasteiger partial charge in [-0.15, -0.1) is 0 Å². The number of carbonyl (C=O) groups excluding carboxylic acids is 2. The number of carbonyl (C=O) groups is 2. The molecule has 2 N–H and O–H groups in total. The van der Waals surface area contributed by atoms with Gasteiger partial charge in [0.15, 0.2) is 0 Å². The zero-order chi connectivity index (χ0) is 23.2. The van der Waals surface area contributed by atoms with Crippen LogP contribution in [0.3, 0.4) is 0 Å². The Kier molecular flexibility index (Phi) is 6.74. The molecular formula is C27H27N3O3. The van der Waals surface area contributed by atoms with Crippen molar-refractivity contribution in [2.75, 3.05) is 19.1 Å². The van der Waals surface area contributed by atoms with E-state index in [0.717, 1.165) is 27.7 Å². The van der Waals surface area contributed by atoms with Crippen LogP contribution in [0.4, 0.5) is 5.69 Å². The number of amides is 2. The van der Waals surface area contributed by atoms with E-state index in [4.69, 9.17) is 4.74 Å². The summed E-state index contributed by atoms with van der Waals surface area (Å²) in [4.78, 5) is 31.2. The molecule has 0 saturated heterocycles. The van der Waals surface area contributed by atoms with Crippen molar-refractivity contribution in [2.45, 2.75) is 18.9 Å². The van der Waals surface area contributed by atoms with E-state index in [1.165, 1.54) is 0 Å². The lowest BCUT2D eigenvalue weighted by Crippen LogP contribution is -2.49. The number of para-hydroxylation sites is 1. The Morgan fingerprint density at radius 2 is 1.67 bits per heavy atom. The molecule has 3 aromatic carbocycles. The maximum Gasteiger partial charge on any atom is 0.249 e. The molecule has 0 aliphatic carbocycles. The average molecular weight is 442 g/mol. The maximum atomic E-state index is 13.4. The Morgan fingerprint density at radius 1 is 0.970 bits per heavy atom. The van der Waals surface area contributed by atoms with E-state index in [-0.39, 0.29) is 18.2 Å². The summed E-state index contributed by atoms with van der Waals surface area (Å²) in [5.74, 6) is 0.334. The molecule has 168 valence electrons. The van der Waals surface area contributed by atoms with Gasteiger partial charge in [0.1, 0.15) is 11.8 Å². The van der Waals surface area contributed by atoms with E-state index in [1.54, 1.807) is 31.2 Å². The number of hydrogen-bond acceptors (Lipinski definition) is 3. The first-order valence-electron chi connectivity index (χ1n) is 10.8. The second-order valence-electron chi connectivity index (χ2n) is 7.94. The van der Waals surface area contributed by atoms with Crippen molar-refractivity contribution in [2.24, 2.45) is 0 Å². The summed E-state index contributed by atoms with van der Waals surface area (Å²) in [6, 6.07) is 24.1. The highest BCUT2D eigenvalue weighted by Crippen LogP contribution is 2.20. The van der Waals surface area contributed by atoms with Gasteiger partial charge in [-0.3, -0.25) is 9.59 Å². The van der Waals surface area contributed by atoms with Crippen molar-refractivity contribution in [1.82, 2.24) is 10.3 Å². The first-order chi connectivity index (χ1) is 16.0. The number of aromatic nitrogens is 1. The van der Waals surface area contributed by atoms with Crippen LogP contribution >= 0.6 is 0 Å². The number of H-pyrrole nitrogens is 1. The van der Waals surface area contributed by atoms with E-state index in [2.05, 4.69) is 10.3 Å². The van der Waals surface area contributed by atoms with Crippen molar-refractivity contribution in [3.05, 3.63) is 96.2 Å². The van der Waals surface area contributed by atoms with Crippen molar-refractivity contribution in [3.63, 3.8) is 0 Å². The predicted octanol–water partition coefficient (Wildman–Crippen LogP) is 4.11. The Hall–Kier alpha value is -4.06. The normalized spacial score (nSPS) is 11.7. The van der Waals surface area contributed by atoms with Crippen molar-refractivity contribution < 1.29 is 14.3 Å². The minimum Gasteiger partial charge on any atom is -0.497 e. The van der Waals surface area contributed by atoms with Gasteiger partial charge in [-0.2, -0.15) is 0 Å². The minimum absolute atomic E-state index is 0.184. The number of rotatable bonds is 8. The highest BCUT2D eigenvalue weighted by Gasteiger charge is 2.25. The summed E-state index contributed by atoms with van der Waals surface area (Å²) in [6.07, 6.45) is 2.44. The summed E-state index contributed by atoms with van der Waals surface area (Å²) in [6.45, 7) is 0. The van der Waals surface area contributed by atoms with Crippen molar-refractivity contribution in [1.29, 1.82) is 0 Å². The van der Waals surface area contributed by atoms with Gasteiger partial charge in [0.25, 0.3) is 0 Å². The van der Waals surface area contributed by atoms with Crippen LogP contribution in [0.5, 0.6) is 5.75 Å². The number of nitrogens with zero attached hydrogens (tertiary/aromatic N) is 1. The zero-order valence-electron chi connectivity index (χ0n) is 18.7. The van der Waals surface area contributed by atoms with Crippen molar-refractivity contribution in [3.8, 4) is 5.75 Å². The quantitative estimate of drug-likeness (QED) is 0.432. The molecule has 0 spiro atoms. The molecule has 33 heavy (non-hydrogen) atoms. The lowest BCUT2D eigenvalue weighted by Gasteiger charge is -2.25. The second-order valence-corrected chi connectivity index (χ2v) is 7.94. The second kappa shape index (κ2) is 10.0. The van der Waals surface area contributed by atoms with Gasteiger partial charge >= 0.3 is 0 Å². The number of hydrogen-bond donors (Lipinski definition) is 2. The third-order valence-electron chi connectivity index (χ3n) is 5.73. The van der Waals surface area contributed by atoms with E-state index in [9.17, 15) is 9.59 Å². The molecule has 0 aliphatic heterocycles. The maximum absolute atomic E-state index is 13.4. The molecule has 0 radical (unpaired) electrons. The standard InChI is InChI=1S/C27H27N3O3/c1-30(21-12-14-22(33-2)15-13-21)27(32)25(16-19-8-4-3-5-9-19)29-26(31)17-20-18-28-24-11-7-6-10-23(20)24/h3-15,18,25,28H,16-17H2,1-2H3,(H,29,31)/t25-/m0/s1. The van der Waals surface area contributed by atoms with Crippen molar-refractivity contribution >= 4 is 28.4 Å². The largest absolute Gasteiger partial charge is 0.497 e. The molecule has 4 aromatic rings. The highest BCUT2D eigenvalue weighted by molar-refractivity contribution is 5.99. The fraction of sp³-hybridized carbons (Fsp3) is 0.185. The van der Waals surface area contributed by atoms with E-state index in [1.807, 2.05) is 72.9 Å². The van der Waals surface area contributed by atoms with Crippen LogP contribution in [0.15, 0.2) is 85.1 Å². The molecule has 1 heterocycles. The summed E-state index contributed by atoms with van der Waals surface area (Å²) in [5.41, 5.74) is 3.59. The van der Waals surface area contributed by atoms with Gasteiger partial charge in [-0.05, 0) is 41.5 Å². The van der Waals surface area contributed by atoms with Gasteiger partial charge in [0.2, 0.25) is 11.8 Å². The Balaban J connectivity index is 1.53. The fourth-order valence-electron chi connectivity index (χ4n) is 3.91. The van der Waals surface area contributed by atoms with E-state index >= 15 is 0 Å². The summed E-state index contributed by atoms with van der Waals surface area (Å²) < 4.78 is 5.21. The van der Waals surface area contributed by atoms with Gasteiger partial charge in [0.05, 0.1) is 13.5 Å². The molecule has 1 atom stereocenters. The highest BCUT2D eigenvalue weighted by atomic mass is 16.5. The van der Waals surface area contributed by atoms with Gasteiger partial charge in [-0.25, -0.2) is 0 Å². The summed E-state index contributed by atoms with van der Waals surface area (Å²) in [7, 11) is 3.32. The molecule has 0 unspecified atom stereocenters. The Bertz CT molecular complexity index is 1230. The molecule has 6 nitrogen and oxygen atoms in total. The van der Waals surface area contributed by atoms with Crippen LogP contribution in [-0.2, 0) is 22.4 Å². The molecule has 0 saturated carbocycles. The SMILES string of the molecule is COc1ccc(N(C)C(=O)[C@H](Cc2ccccc2)NC(=O)Cc2c[nH]c3ccccc23)cc1. The number of nitrogens with one attached hydrogen (secondary N) is 2. The molecular weight excluding hydrogens is 414 g/mol. The number of ether oxygens (including phenoxy) is 1. The van der Waals surface area contributed by atoms with Crippen LogP contribution in [0.25, 0.3) is 10.9 Å². The van der Waals surface area contributed by atoms with Crippen LogP contribution in [-0.4, -0.2) is 37.0 Å². The van der Waals surface area contributed by atoms with Gasteiger partial charge in [-0.1, -0.05) is 48.5 Å². The molecule has 1 aromatic heterocycles. The number of fused-ring (bicyclic) bond motifs is 1. The third kappa shape index (κ3) is 5.23. The molecule has 0 fully saturated rings.